The van der Waals surface area contributed by atoms with Crippen LogP contribution in [-0.2, 0) is 0 Å². The summed E-state index contributed by atoms with van der Waals surface area (Å²) >= 11 is 5.72. The third-order valence-electron chi connectivity index (χ3n) is 2.69. The maximum atomic E-state index is 11.2. The molecule has 6 nitrogen and oxygen atoms in total. The summed E-state index contributed by atoms with van der Waals surface area (Å²) in [6.45, 7) is 0. The van der Waals surface area contributed by atoms with Gasteiger partial charge in [-0.05, 0) is 35.9 Å². The summed E-state index contributed by atoms with van der Waals surface area (Å²) in [6, 6.07) is 8.10. The summed E-state index contributed by atoms with van der Waals surface area (Å²) in [5.41, 5.74) is 6.18. The van der Waals surface area contributed by atoms with E-state index in [0.29, 0.717) is 22.9 Å². The average molecular weight is 278 g/mol. The molecule has 0 atom stereocenters. The van der Waals surface area contributed by atoms with Crippen molar-refractivity contribution in [1.82, 2.24) is 9.38 Å². The highest BCUT2D eigenvalue weighted by Gasteiger charge is 2.20. The van der Waals surface area contributed by atoms with Gasteiger partial charge in [-0.25, -0.2) is 9.78 Å². The Bertz CT molecular complexity index is 791. The quantitative estimate of drug-likeness (QED) is 0.750. The zero-order valence-electron chi connectivity index (χ0n) is 9.50. The van der Waals surface area contributed by atoms with Gasteiger partial charge in [-0.2, -0.15) is 0 Å². The van der Waals surface area contributed by atoms with Crippen LogP contribution in [0.4, 0.5) is 5.82 Å². The van der Waals surface area contributed by atoms with E-state index in [-0.39, 0.29) is 10.9 Å². The lowest BCUT2D eigenvalue weighted by Crippen LogP contribution is -1.99. The van der Waals surface area contributed by atoms with Gasteiger partial charge < -0.3 is 15.3 Å². The van der Waals surface area contributed by atoms with Crippen molar-refractivity contribution in [3.63, 3.8) is 0 Å². The van der Waals surface area contributed by atoms with Gasteiger partial charge in [0.15, 0.2) is 22.5 Å². The molecule has 3 rings (SSSR count). The number of nitrogens with two attached hydrogens (primary N) is 1. The van der Waals surface area contributed by atoms with Crippen molar-refractivity contribution in [3.8, 4) is 11.6 Å². The van der Waals surface area contributed by atoms with Crippen LogP contribution in [0.2, 0.25) is 5.22 Å². The molecule has 3 aromatic heterocycles. The summed E-state index contributed by atoms with van der Waals surface area (Å²) in [6.07, 6.45) is 0. The molecule has 0 unspecified atom stereocenters. The number of pyridine rings is 1. The van der Waals surface area contributed by atoms with Crippen molar-refractivity contribution in [2.24, 2.45) is 0 Å². The molecule has 0 bridgehead atoms. The van der Waals surface area contributed by atoms with Crippen molar-refractivity contribution >= 4 is 28.9 Å². The number of carbonyl (C=O) groups is 1. The van der Waals surface area contributed by atoms with E-state index in [4.69, 9.17) is 26.9 Å². The maximum absolute atomic E-state index is 11.2. The van der Waals surface area contributed by atoms with Crippen LogP contribution in [0.15, 0.2) is 34.7 Å². The van der Waals surface area contributed by atoms with Gasteiger partial charge in [-0.1, -0.05) is 6.07 Å². The molecule has 3 heterocycles. The first kappa shape index (κ1) is 11.6. The second kappa shape index (κ2) is 4.03. The van der Waals surface area contributed by atoms with Crippen LogP contribution in [0, 0.1) is 0 Å². The molecular weight excluding hydrogens is 270 g/mol. The zero-order chi connectivity index (χ0) is 13.6. The first-order chi connectivity index (χ1) is 9.08. The van der Waals surface area contributed by atoms with Gasteiger partial charge in [0, 0.05) is 0 Å². The number of hydrogen-bond donors (Lipinski definition) is 2. The van der Waals surface area contributed by atoms with Crippen molar-refractivity contribution in [1.29, 1.82) is 0 Å². The van der Waals surface area contributed by atoms with E-state index in [1.165, 1.54) is 4.40 Å². The van der Waals surface area contributed by atoms with Crippen molar-refractivity contribution in [3.05, 3.63) is 41.2 Å². The molecule has 0 aromatic carbocycles. The number of rotatable bonds is 2. The smallest absolute Gasteiger partial charge is 0.356 e. The number of carboxylic acids is 1. The Balaban J connectivity index is 2.39. The zero-order valence-corrected chi connectivity index (χ0v) is 10.3. The molecule has 0 spiro atoms. The molecule has 0 aliphatic heterocycles. The highest BCUT2D eigenvalue weighted by Crippen LogP contribution is 2.28. The number of nitrogen functional groups attached to an aromatic ring is 1. The van der Waals surface area contributed by atoms with Crippen molar-refractivity contribution < 1.29 is 14.3 Å². The first-order valence-electron chi connectivity index (χ1n) is 5.34. The number of aromatic nitrogens is 2. The molecule has 0 saturated carbocycles. The molecular formula is C12H8ClN3O3. The number of halogens is 1. The lowest BCUT2D eigenvalue weighted by atomic mass is 10.3. The number of imidazole rings is 1. The predicted octanol–water partition coefficient (Wildman–Crippen LogP) is 2.53. The predicted molar refractivity (Wildman–Crippen MR) is 69.3 cm³/mol. The molecule has 7 heteroatoms. The van der Waals surface area contributed by atoms with Crippen LogP contribution >= 0.6 is 11.6 Å². The molecule has 19 heavy (non-hydrogen) atoms. The fraction of sp³-hybridized carbons (Fsp3) is 0. The molecule has 3 aromatic rings. The summed E-state index contributed by atoms with van der Waals surface area (Å²) in [4.78, 5) is 15.3. The SMILES string of the molecule is Nc1cccc2c(C(=O)O)nc(-c3ccc(Cl)o3)n12. The van der Waals surface area contributed by atoms with Gasteiger partial charge in [-0.3, -0.25) is 4.40 Å². The van der Waals surface area contributed by atoms with Crippen LogP contribution in [0.25, 0.3) is 17.1 Å². The Hall–Kier alpha value is -2.47. The fourth-order valence-corrected chi connectivity index (χ4v) is 2.06. The summed E-state index contributed by atoms with van der Waals surface area (Å²) < 4.78 is 6.77. The van der Waals surface area contributed by atoms with E-state index < -0.39 is 5.97 Å². The van der Waals surface area contributed by atoms with Crippen LogP contribution in [0.5, 0.6) is 0 Å². The molecule has 0 amide bonds. The standard InChI is InChI=1S/C12H8ClN3O3/c13-8-5-4-7(19-8)11-15-10(12(17)18)6-2-1-3-9(14)16(6)11/h1-5H,14H2,(H,17,18). The van der Waals surface area contributed by atoms with E-state index in [2.05, 4.69) is 4.98 Å². The minimum absolute atomic E-state index is 0.0881. The molecule has 0 fully saturated rings. The number of nitrogens with zero attached hydrogens (tertiary/aromatic N) is 2. The molecule has 0 saturated heterocycles. The lowest BCUT2D eigenvalue weighted by molar-refractivity contribution is 0.0693. The van der Waals surface area contributed by atoms with E-state index in [1.807, 2.05) is 0 Å². The van der Waals surface area contributed by atoms with E-state index >= 15 is 0 Å². The third kappa shape index (κ3) is 1.73. The number of carboxylic acid groups (broad SMARTS) is 1. The molecule has 0 radical (unpaired) electrons. The van der Waals surface area contributed by atoms with Crippen molar-refractivity contribution in [2.45, 2.75) is 0 Å². The Labute approximate surface area is 112 Å². The van der Waals surface area contributed by atoms with Crippen LogP contribution in [0.3, 0.4) is 0 Å². The second-order valence-electron chi connectivity index (χ2n) is 3.86. The highest BCUT2D eigenvalue weighted by molar-refractivity contribution is 6.29. The Morgan fingerprint density at radius 3 is 2.79 bits per heavy atom. The molecule has 3 N–H and O–H groups in total. The Morgan fingerprint density at radius 2 is 2.16 bits per heavy atom. The Morgan fingerprint density at radius 1 is 1.37 bits per heavy atom. The fourth-order valence-electron chi connectivity index (χ4n) is 1.92. The van der Waals surface area contributed by atoms with Gasteiger partial charge in [-0.15, -0.1) is 0 Å². The van der Waals surface area contributed by atoms with E-state index in [0.717, 1.165) is 0 Å². The topological polar surface area (TPSA) is 93.8 Å². The first-order valence-corrected chi connectivity index (χ1v) is 5.71. The van der Waals surface area contributed by atoms with E-state index in [1.54, 1.807) is 30.3 Å². The van der Waals surface area contributed by atoms with Crippen LogP contribution < -0.4 is 5.73 Å². The lowest BCUT2D eigenvalue weighted by Gasteiger charge is -2.02. The highest BCUT2D eigenvalue weighted by atomic mass is 35.5. The summed E-state index contributed by atoms with van der Waals surface area (Å²) in [5.74, 6) is -0.116. The Kier molecular flexibility index (Phi) is 2.46. The summed E-state index contributed by atoms with van der Waals surface area (Å²) in [7, 11) is 0. The monoisotopic (exact) mass is 277 g/mol. The van der Waals surface area contributed by atoms with Crippen LogP contribution in [-0.4, -0.2) is 20.5 Å². The number of furan rings is 1. The molecule has 0 aliphatic carbocycles. The number of anilines is 1. The third-order valence-corrected chi connectivity index (χ3v) is 2.89. The average Bonchev–Trinajstić information content (AvgIpc) is 2.93. The number of hydrogen-bond acceptors (Lipinski definition) is 4. The maximum Gasteiger partial charge on any atom is 0.356 e. The molecule has 0 aliphatic rings. The van der Waals surface area contributed by atoms with Gasteiger partial charge >= 0.3 is 5.97 Å². The van der Waals surface area contributed by atoms with Gasteiger partial charge in [0.05, 0.1) is 5.52 Å². The normalized spacial score (nSPS) is 11.0. The van der Waals surface area contributed by atoms with Gasteiger partial charge in [0.25, 0.3) is 0 Å². The number of aromatic carboxylic acids is 1. The minimum Gasteiger partial charge on any atom is -0.476 e. The number of fused-ring (bicyclic) bond motifs is 1. The summed E-state index contributed by atoms with van der Waals surface area (Å²) in [5, 5.41) is 9.36. The second-order valence-corrected chi connectivity index (χ2v) is 4.24. The van der Waals surface area contributed by atoms with E-state index in [9.17, 15) is 4.79 Å². The molecule has 96 valence electrons. The van der Waals surface area contributed by atoms with Gasteiger partial charge in [0.2, 0.25) is 0 Å². The van der Waals surface area contributed by atoms with Crippen LogP contribution in [0.1, 0.15) is 10.5 Å². The largest absolute Gasteiger partial charge is 0.476 e. The minimum atomic E-state index is -1.13. The van der Waals surface area contributed by atoms with Crippen molar-refractivity contribution in [2.75, 3.05) is 5.73 Å². The van der Waals surface area contributed by atoms with Gasteiger partial charge in [0.1, 0.15) is 5.82 Å².